The summed E-state index contributed by atoms with van der Waals surface area (Å²) in [6.07, 6.45) is 0.975. The molecular formula is C16H18N4O2S. The first-order chi connectivity index (χ1) is 11.0. The Morgan fingerprint density at radius 1 is 1.39 bits per heavy atom. The Morgan fingerprint density at radius 2 is 2.17 bits per heavy atom. The van der Waals surface area contributed by atoms with E-state index in [9.17, 15) is 9.59 Å². The van der Waals surface area contributed by atoms with Crippen molar-refractivity contribution in [3.63, 3.8) is 0 Å². The molecule has 0 saturated carbocycles. The number of nitrogens with one attached hydrogen (secondary N) is 2. The van der Waals surface area contributed by atoms with Gasteiger partial charge >= 0.3 is 0 Å². The fraction of sp³-hybridized carbons (Fsp3) is 0.375. The quantitative estimate of drug-likeness (QED) is 0.903. The summed E-state index contributed by atoms with van der Waals surface area (Å²) in [4.78, 5) is 24.4. The molecule has 1 aromatic heterocycles. The Morgan fingerprint density at radius 3 is 2.96 bits per heavy atom. The van der Waals surface area contributed by atoms with E-state index in [1.54, 1.807) is 6.07 Å². The van der Waals surface area contributed by atoms with Crippen molar-refractivity contribution in [1.82, 2.24) is 10.2 Å². The average molecular weight is 330 g/mol. The number of rotatable bonds is 4. The van der Waals surface area contributed by atoms with Crippen LogP contribution in [0.15, 0.2) is 24.3 Å². The van der Waals surface area contributed by atoms with Gasteiger partial charge in [0.05, 0.1) is 5.92 Å². The van der Waals surface area contributed by atoms with Gasteiger partial charge in [0.1, 0.15) is 5.01 Å². The van der Waals surface area contributed by atoms with Crippen LogP contribution < -0.4 is 10.6 Å². The van der Waals surface area contributed by atoms with Crippen molar-refractivity contribution in [3.05, 3.63) is 34.8 Å². The molecule has 7 heteroatoms. The van der Waals surface area contributed by atoms with Crippen LogP contribution in [-0.2, 0) is 16.0 Å². The predicted octanol–water partition coefficient (Wildman–Crippen LogP) is 2.80. The molecule has 2 heterocycles. The third-order valence-corrected chi connectivity index (χ3v) is 4.46. The van der Waals surface area contributed by atoms with E-state index in [4.69, 9.17) is 0 Å². The lowest BCUT2D eigenvalue weighted by Gasteiger charge is -2.24. The molecule has 120 valence electrons. The molecule has 1 atom stereocenters. The molecule has 0 radical (unpaired) electrons. The number of hydrogen-bond acceptors (Lipinski definition) is 5. The van der Waals surface area contributed by atoms with Crippen LogP contribution in [-0.4, -0.2) is 22.0 Å². The fourth-order valence-electron chi connectivity index (χ4n) is 2.57. The van der Waals surface area contributed by atoms with Crippen molar-refractivity contribution in [2.75, 3.05) is 10.6 Å². The van der Waals surface area contributed by atoms with Crippen LogP contribution in [0.4, 0.5) is 10.8 Å². The molecule has 1 unspecified atom stereocenters. The summed E-state index contributed by atoms with van der Waals surface area (Å²) in [6, 6.07) is 7.37. The van der Waals surface area contributed by atoms with Crippen LogP contribution in [0.25, 0.3) is 0 Å². The monoisotopic (exact) mass is 330 g/mol. The lowest BCUT2D eigenvalue weighted by atomic mass is 9.90. The Bertz CT molecular complexity index is 741. The molecule has 0 bridgehead atoms. The second-order valence-electron chi connectivity index (χ2n) is 5.98. The van der Waals surface area contributed by atoms with Crippen molar-refractivity contribution in [3.8, 4) is 0 Å². The lowest BCUT2D eigenvalue weighted by molar-refractivity contribution is -0.123. The van der Waals surface area contributed by atoms with E-state index in [1.165, 1.54) is 11.3 Å². The highest BCUT2D eigenvalue weighted by Gasteiger charge is 2.30. The Hall–Kier alpha value is -2.28. The van der Waals surface area contributed by atoms with Crippen LogP contribution in [0.5, 0.6) is 0 Å². The van der Waals surface area contributed by atoms with Crippen LogP contribution >= 0.6 is 11.3 Å². The molecule has 1 aliphatic heterocycles. The van der Waals surface area contributed by atoms with Gasteiger partial charge in [-0.1, -0.05) is 43.4 Å². The number of aromatic nitrogens is 2. The lowest BCUT2D eigenvalue weighted by Crippen LogP contribution is -2.30. The minimum Gasteiger partial charge on any atom is -0.326 e. The maximum atomic E-state index is 12.6. The minimum atomic E-state index is -0.502. The molecule has 0 saturated heterocycles. The number of para-hydroxylation sites is 1. The molecular weight excluding hydrogens is 312 g/mol. The fourth-order valence-corrected chi connectivity index (χ4v) is 3.53. The van der Waals surface area contributed by atoms with Gasteiger partial charge < -0.3 is 5.32 Å². The van der Waals surface area contributed by atoms with Crippen LogP contribution in [0, 0.1) is 5.92 Å². The second-order valence-corrected chi connectivity index (χ2v) is 7.04. The molecule has 0 fully saturated rings. The largest absolute Gasteiger partial charge is 0.326 e. The number of amides is 2. The van der Waals surface area contributed by atoms with Crippen molar-refractivity contribution in [1.29, 1.82) is 0 Å². The summed E-state index contributed by atoms with van der Waals surface area (Å²) in [5, 5.41) is 15.1. The number of hydrogen-bond donors (Lipinski definition) is 2. The molecule has 3 rings (SSSR count). The molecule has 1 aromatic carbocycles. The smallest absolute Gasteiger partial charge is 0.234 e. The van der Waals surface area contributed by atoms with Crippen molar-refractivity contribution in [2.45, 2.75) is 32.6 Å². The highest BCUT2D eigenvalue weighted by molar-refractivity contribution is 7.15. The predicted molar refractivity (Wildman–Crippen MR) is 89.5 cm³/mol. The van der Waals surface area contributed by atoms with Crippen LogP contribution in [0.3, 0.4) is 0 Å². The third-order valence-electron chi connectivity index (χ3n) is 3.60. The van der Waals surface area contributed by atoms with Crippen molar-refractivity contribution >= 4 is 34.0 Å². The number of benzene rings is 1. The van der Waals surface area contributed by atoms with E-state index in [0.29, 0.717) is 16.7 Å². The summed E-state index contributed by atoms with van der Waals surface area (Å²) in [5.74, 6) is -0.390. The highest BCUT2D eigenvalue weighted by Crippen LogP contribution is 2.33. The Kier molecular flexibility index (Phi) is 4.38. The van der Waals surface area contributed by atoms with Crippen LogP contribution in [0.1, 0.15) is 36.8 Å². The van der Waals surface area contributed by atoms with Gasteiger partial charge in [0.15, 0.2) is 0 Å². The zero-order chi connectivity index (χ0) is 16.4. The number of fused-ring (bicyclic) bond motifs is 1. The van der Waals surface area contributed by atoms with E-state index in [-0.39, 0.29) is 18.2 Å². The van der Waals surface area contributed by atoms with Gasteiger partial charge in [-0.2, -0.15) is 0 Å². The first kappa shape index (κ1) is 15.6. The van der Waals surface area contributed by atoms with E-state index in [1.807, 2.05) is 18.2 Å². The topological polar surface area (TPSA) is 84.0 Å². The maximum absolute atomic E-state index is 12.6. The van der Waals surface area contributed by atoms with E-state index >= 15 is 0 Å². The number of carbonyl (C=O) groups is 2. The van der Waals surface area contributed by atoms with Gasteiger partial charge in [0, 0.05) is 18.5 Å². The van der Waals surface area contributed by atoms with Crippen LogP contribution in [0.2, 0.25) is 0 Å². The number of nitrogens with zero attached hydrogens (tertiary/aromatic N) is 2. The SMILES string of the molecule is CC(C)Cc1nnc(NC(=O)C2CC(=O)Nc3ccccc32)s1. The standard InChI is InChI=1S/C16H18N4O2S/c1-9(2)7-14-19-20-16(23-14)18-15(22)11-8-13(21)17-12-6-4-3-5-10(11)12/h3-6,9,11H,7-8H2,1-2H3,(H,17,21)(H,18,20,22). The molecule has 23 heavy (non-hydrogen) atoms. The molecule has 1 aliphatic rings. The molecule has 2 amide bonds. The van der Waals surface area contributed by atoms with Gasteiger partial charge in [0.25, 0.3) is 0 Å². The summed E-state index contributed by atoms with van der Waals surface area (Å²) in [7, 11) is 0. The van der Waals surface area contributed by atoms with Crippen molar-refractivity contribution < 1.29 is 9.59 Å². The van der Waals surface area contributed by atoms with E-state index < -0.39 is 5.92 Å². The van der Waals surface area contributed by atoms with Gasteiger partial charge in [0.2, 0.25) is 16.9 Å². The first-order valence-electron chi connectivity index (χ1n) is 7.55. The summed E-state index contributed by atoms with van der Waals surface area (Å²) in [5.41, 5.74) is 1.53. The minimum absolute atomic E-state index is 0.139. The van der Waals surface area contributed by atoms with E-state index in [0.717, 1.165) is 17.0 Å². The van der Waals surface area contributed by atoms with Gasteiger partial charge in [-0.15, -0.1) is 10.2 Å². The molecule has 0 spiro atoms. The van der Waals surface area contributed by atoms with Gasteiger partial charge in [-0.3, -0.25) is 14.9 Å². The zero-order valence-corrected chi connectivity index (χ0v) is 13.8. The number of carbonyl (C=O) groups excluding carboxylic acids is 2. The number of anilines is 2. The van der Waals surface area contributed by atoms with Crippen molar-refractivity contribution in [2.24, 2.45) is 5.92 Å². The summed E-state index contributed by atoms with van der Waals surface area (Å²) in [6.45, 7) is 4.22. The Balaban J connectivity index is 1.76. The van der Waals surface area contributed by atoms with Gasteiger partial charge in [-0.05, 0) is 17.5 Å². The van der Waals surface area contributed by atoms with Gasteiger partial charge in [-0.25, -0.2) is 0 Å². The summed E-state index contributed by atoms with van der Waals surface area (Å²) >= 11 is 1.38. The zero-order valence-electron chi connectivity index (χ0n) is 13.0. The normalized spacial score (nSPS) is 16.8. The Labute approximate surface area is 138 Å². The average Bonchev–Trinajstić information content (AvgIpc) is 2.92. The molecule has 2 aromatic rings. The van der Waals surface area contributed by atoms with E-state index in [2.05, 4.69) is 34.7 Å². The summed E-state index contributed by atoms with van der Waals surface area (Å²) < 4.78 is 0. The molecule has 2 N–H and O–H groups in total. The third kappa shape index (κ3) is 3.56. The second kappa shape index (κ2) is 6.45. The molecule has 6 nitrogen and oxygen atoms in total. The highest BCUT2D eigenvalue weighted by atomic mass is 32.1. The molecule has 0 aliphatic carbocycles. The maximum Gasteiger partial charge on any atom is 0.234 e. The first-order valence-corrected chi connectivity index (χ1v) is 8.36.